The Balaban J connectivity index is 2.24. The summed E-state index contributed by atoms with van der Waals surface area (Å²) in [6, 6.07) is 8.85. The number of anilines is 1. The third kappa shape index (κ3) is 2.96. The number of rotatable bonds is 5. The molecule has 0 spiro atoms. The molecule has 0 amide bonds. The van der Waals surface area contributed by atoms with Crippen LogP contribution in [0.15, 0.2) is 41.4 Å². The first kappa shape index (κ1) is 13.6. The third-order valence-corrected chi connectivity index (χ3v) is 4.77. The van der Waals surface area contributed by atoms with Crippen LogP contribution in [-0.2, 0) is 23.4 Å². The van der Waals surface area contributed by atoms with Crippen LogP contribution in [0, 0.1) is 0 Å². The molecule has 0 aliphatic heterocycles. The van der Waals surface area contributed by atoms with Gasteiger partial charge in [-0.25, -0.2) is 8.42 Å². The van der Waals surface area contributed by atoms with Gasteiger partial charge >= 0.3 is 0 Å². The molecule has 0 aliphatic carbocycles. The van der Waals surface area contributed by atoms with Crippen LogP contribution in [0.3, 0.4) is 0 Å². The van der Waals surface area contributed by atoms with E-state index < -0.39 is 9.84 Å². The second kappa shape index (κ2) is 5.44. The molecule has 1 heterocycles. The molecule has 0 fully saturated rings. The highest BCUT2D eigenvalue weighted by atomic mass is 32.2. The molecule has 5 nitrogen and oxygen atoms in total. The third-order valence-electron chi connectivity index (χ3n) is 2.98. The number of nitrogens with zero attached hydrogens (tertiary/aromatic N) is 2. The Hall–Kier alpha value is -1.82. The Bertz CT molecular complexity index is 662. The van der Waals surface area contributed by atoms with E-state index >= 15 is 0 Å². The molecule has 0 bridgehead atoms. The van der Waals surface area contributed by atoms with E-state index in [1.54, 1.807) is 36.0 Å². The van der Waals surface area contributed by atoms with Gasteiger partial charge in [-0.15, -0.1) is 0 Å². The van der Waals surface area contributed by atoms with Crippen molar-refractivity contribution in [2.45, 2.75) is 18.4 Å². The lowest BCUT2D eigenvalue weighted by molar-refractivity contribution is 0.597. The smallest absolute Gasteiger partial charge is 0.180 e. The zero-order valence-corrected chi connectivity index (χ0v) is 11.8. The Labute approximate surface area is 113 Å². The van der Waals surface area contributed by atoms with Crippen molar-refractivity contribution in [3.05, 3.63) is 42.2 Å². The van der Waals surface area contributed by atoms with E-state index in [4.69, 9.17) is 0 Å². The second-order valence-corrected chi connectivity index (χ2v) is 6.45. The quantitative estimate of drug-likeness (QED) is 0.907. The van der Waals surface area contributed by atoms with Gasteiger partial charge < -0.3 is 5.32 Å². The highest BCUT2D eigenvalue weighted by Gasteiger charge is 2.15. The molecule has 0 radical (unpaired) electrons. The van der Waals surface area contributed by atoms with Crippen molar-refractivity contribution in [2.75, 3.05) is 11.1 Å². The van der Waals surface area contributed by atoms with Gasteiger partial charge in [-0.1, -0.05) is 19.1 Å². The fourth-order valence-corrected chi connectivity index (χ4v) is 2.87. The molecule has 0 saturated carbocycles. The zero-order valence-electron chi connectivity index (χ0n) is 11.0. The summed E-state index contributed by atoms with van der Waals surface area (Å²) in [7, 11) is -1.36. The van der Waals surface area contributed by atoms with Gasteiger partial charge in [-0.2, -0.15) is 5.10 Å². The SMILES string of the molecule is CCS(=O)(=O)c1ccccc1NCc1ccnn1C. The molecule has 0 atom stereocenters. The van der Waals surface area contributed by atoms with Crippen molar-refractivity contribution in [1.29, 1.82) is 0 Å². The summed E-state index contributed by atoms with van der Waals surface area (Å²) in [6.45, 7) is 2.18. The van der Waals surface area contributed by atoms with Gasteiger partial charge in [0.2, 0.25) is 0 Å². The van der Waals surface area contributed by atoms with Gasteiger partial charge in [-0.05, 0) is 18.2 Å². The predicted octanol–water partition coefficient (Wildman–Crippen LogP) is 1.83. The van der Waals surface area contributed by atoms with Gasteiger partial charge in [-0.3, -0.25) is 4.68 Å². The number of nitrogens with one attached hydrogen (secondary N) is 1. The number of benzene rings is 1. The number of aromatic nitrogens is 2. The fourth-order valence-electron chi connectivity index (χ4n) is 1.80. The number of hydrogen-bond donors (Lipinski definition) is 1. The maximum atomic E-state index is 12.0. The van der Waals surface area contributed by atoms with Crippen LogP contribution in [-0.4, -0.2) is 24.0 Å². The molecule has 2 aromatic rings. The molecule has 6 heteroatoms. The Kier molecular flexibility index (Phi) is 3.90. The lowest BCUT2D eigenvalue weighted by Gasteiger charge is -2.11. The second-order valence-electron chi connectivity index (χ2n) is 4.20. The van der Waals surface area contributed by atoms with Gasteiger partial charge in [0.05, 0.1) is 28.6 Å². The number of para-hydroxylation sites is 1. The molecular weight excluding hydrogens is 262 g/mol. The number of sulfone groups is 1. The molecular formula is C13H17N3O2S. The Morgan fingerprint density at radius 2 is 2.00 bits per heavy atom. The fraction of sp³-hybridized carbons (Fsp3) is 0.308. The van der Waals surface area contributed by atoms with E-state index in [0.717, 1.165) is 5.69 Å². The zero-order chi connectivity index (χ0) is 13.9. The van der Waals surface area contributed by atoms with Gasteiger partial charge in [0.25, 0.3) is 0 Å². The van der Waals surface area contributed by atoms with Crippen LogP contribution in [0.2, 0.25) is 0 Å². The van der Waals surface area contributed by atoms with Crippen molar-refractivity contribution in [3.63, 3.8) is 0 Å². The summed E-state index contributed by atoms with van der Waals surface area (Å²) >= 11 is 0. The van der Waals surface area contributed by atoms with Crippen LogP contribution < -0.4 is 5.32 Å². The van der Waals surface area contributed by atoms with E-state index in [2.05, 4.69) is 10.4 Å². The van der Waals surface area contributed by atoms with Crippen LogP contribution in [0.5, 0.6) is 0 Å². The summed E-state index contributed by atoms with van der Waals surface area (Å²) in [5.41, 5.74) is 1.62. The highest BCUT2D eigenvalue weighted by molar-refractivity contribution is 7.91. The molecule has 0 aliphatic rings. The summed E-state index contributed by atoms with van der Waals surface area (Å²) in [6.07, 6.45) is 1.71. The molecule has 1 N–H and O–H groups in total. The molecule has 1 aromatic carbocycles. The van der Waals surface area contributed by atoms with E-state index in [1.807, 2.05) is 19.2 Å². The topological polar surface area (TPSA) is 64.0 Å². The Morgan fingerprint density at radius 3 is 2.63 bits per heavy atom. The standard InChI is InChI=1S/C13H17N3O2S/c1-3-19(17,18)13-7-5-4-6-12(13)14-10-11-8-9-15-16(11)2/h4-9,14H,3,10H2,1-2H3. The Morgan fingerprint density at radius 1 is 1.26 bits per heavy atom. The summed E-state index contributed by atoms with van der Waals surface area (Å²) in [5, 5.41) is 7.23. The molecule has 0 saturated heterocycles. The average Bonchev–Trinajstić information content (AvgIpc) is 2.82. The van der Waals surface area contributed by atoms with Gasteiger partial charge in [0, 0.05) is 13.2 Å². The first-order valence-corrected chi connectivity index (χ1v) is 7.72. The minimum absolute atomic E-state index is 0.0946. The molecule has 1 aromatic heterocycles. The van der Waals surface area contributed by atoms with Gasteiger partial charge in [0.1, 0.15) is 0 Å². The minimum Gasteiger partial charge on any atom is -0.378 e. The summed E-state index contributed by atoms with van der Waals surface area (Å²) < 4.78 is 25.7. The van der Waals surface area contributed by atoms with Crippen molar-refractivity contribution < 1.29 is 8.42 Å². The lowest BCUT2D eigenvalue weighted by Crippen LogP contribution is -2.10. The van der Waals surface area contributed by atoms with Crippen LogP contribution in [0.4, 0.5) is 5.69 Å². The number of hydrogen-bond acceptors (Lipinski definition) is 4. The van der Waals surface area contributed by atoms with E-state index in [9.17, 15) is 8.42 Å². The summed E-state index contributed by atoms with van der Waals surface area (Å²) in [5.74, 6) is 0.0946. The van der Waals surface area contributed by atoms with E-state index in [0.29, 0.717) is 17.1 Å². The largest absolute Gasteiger partial charge is 0.378 e. The minimum atomic E-state index is -3.21. The molecule has 19 heavy (non-hydrogen) atoms. The van der Waals surface area contributed by atoms with E-state index in [1.165, 1.54) is 0 Å². The first-order chi connectivity index (χ1) is 9.04. The monoisotopic (exact) mass is 279 g/mol. The van der Waals surface area contributed by atoms with Crippen LogP contribution in [0.1, 0.15) is 12.6 Å². The van der Waals surface area contributed by atoms with Crippen molar-refractivity contribution >= 4 is 15.5 Å². The maximum Gasteiger partial charge on any atom is 0.180 e. The van der Waals surface area contributed by atoms with Crippen molar-refractivity contribution in [1.82, 2.24) is 9.78 Å². The maximum absolute atomic E-state index is 12.0. The van der Waals surface area contributed by atoms with Gasteiger partial charge in [0.15, 0.2) is 9.84 Å². The molecule has 2 rings (SSSR count). The van der Waals surface area contributed by atoms with Crippen LogP contribution in [0.25, 0.3) is 0 Å². The van der Waals surface area contributed by atoms with E-state index in [-0.39, 0.29) is 5.75 Å². The predicted molar refractivity (Wildman–Crippen MR) is 74.7 cm³/mol. The lowest BCUT2D eigenvalue weighted by atomic mass is 10.3. The van der Waals surface area contributed by atoms with Crippen LogP contribution >= 0.6 is 0 Å². The highest BCUT2D eigenvalue weighted by Crippen LogP contribution is 2.22. The van der Waals surface area contributed by atoms with Crippen molar-refractivity contribution in [2.24, 2.45) is 7.05 Å². The van der Waals surface area contributed by atoms with Crippen molar-refractivity contribution in [3.8, 4) is 0 Å². The average molecular weight is 279 g/mol. The normalized spacial score (nSPS) is 11.5. The number of aryl methyl sites for hydroxylation is 1. The first-order valence-electron chi connectivity index (χ1n) is 6.07. The molecule has 102 valence electrons. The molecule has 0 unspecified atom stereocenters. The summed E-state index contributed by atoms with van der Waals surface area (Å²) in [4.78, 5) is 0.347.